The molecule has 2 N–H and O–H groups in total. The molecule has 7 nitrogen and oxygen atoms in total. The first kappa shape index (κ1) is 19.7. The number of hydrogen-bond donors (Lipinski definition) is 2. The monoisotopic (exact) mass is 430 g/mol. The van der Waals surface area contributed by atoms with Crippen molar-refractivity contribution in [3.05, 3.63) is 35.5 Å². The highest BCUT2D eigenvalue weighted by Crippen LogP contribution is 2.28. The summed E-state index contributed by atoms with van der Waals surface area (Å²) in [5, 5.41) is 4.64. The molecular formula is C21H24ClFN6O. The molecule has 0 spiro atoms. The van der Waals surface area contributed by atoms with Crippen LogP contribution >= 0.6 is 11.6 Å². The van der Waals surface area contributed by atoms with E-state index in [2.05, 4.69) is 30.2 Å². The minimum Gasteiger partial charge on any atom is -0.377 e. The fourth-order valence-corrected chi connectivity index (χ4v) is 4.53. The average Bonchev–Trinajstić information content (AvgIpc) is 3.39. The summed E-state index contributed by atoms with van der Waals surface area (Å²) in [5.74, 6) is 0.209. The number of nitrogens with zero attached hydrogens (tertiary/aromatic N) is 4. The number of rotatable bonds is 5. The Morgan fingerprint density at radius 2 is 2.20 bits per heavy atom. The Morgan fingerprint density at radius 3 is 3.07 bits per heavy atom. The molecule has 0 saturated carbocycles. The maximum Gasteiger partial charge on any atom is 0.183 e. The van der Waals surface area contributed by atoms with E-state index < -0.39 is 5.82 Å². The van der Waals surface area contributed by atoms with Gasteiger partial charge in [-0.2, -0.15) is 0 Å². The molecule has 0 amide bonds. The van der Waals surface area contributed by atoms with Crippen LogP contribution in [0, 0.1) is 5.82 Å². The Balaban J connectivity index is 1.34. The number of ether oxygens (including phenoxy) is 1. The number of piperidine rings is 1. The quantitative estimate of drug-likeness (QED) is 0.639. The van der Waals surface area contributed by atoms with Crippen LogP contribution in [0.3, 0.4) is 0 Å². The van der Waals surface area contributed by atoms with E-state index in [4.69, 9.17) is 16.3 Å². The summed E-state index contributed by atoms with van der Waals surface area (Å²) < 4.78 is 20.3. The number of aromatic nitrogens is 4. The number of likely N-dealkylation sites (tertiary alicyclic amines) is 1. The second-order valence-electron chi connectivity index (χ2n) is 8.02. The van der Waals surface area contributed by atoms with Crippen molar-refractivity contribution in [2.24, 2.45) is 0 Å². The van der Waals surface area contributed by atoms with Gasteiger partial charge in [0.25, 0.3) is 0 Å². The van der Waals surface area contributed by atoms with Crippen LogP contribution in [0.2, 0.25) is 5.02 Å². The molecule has 0 radical (unpaired) electrons. The number of halogens is 2. The van der Waals surface area contributed by atoms with E-state index in [0.29, 0.717) is 22.6 Å². The number of aromatic amines is 1. The zero-order valence-electron chi connectivity index (χ0n) is 16.6. The van der Waals surface area contributed by atoms with Gasteiger partial charge >= 0.3 is 0 Å². The van der Waals surface area contributed by atoms with Gasteiger partial charge in [-0.25, -0.2) is 19.3 Å². The number of fused-ring (bicyclic) bond motifs is 1. The lowest BCUT2D eigenvalue weighted by Crippen LogP contribution is -2.45. The minimum atomic E-state index is -0.453. The number of hydrogen-bond acceptors (Lipinski definition) is 6. The SMILES string of the molecule is Fc1cnc(-c2c[nH]c3ncc(Cl)cc23)nc1N[C@H]1CCCN(C[C@@H]2CCCO2)C1. The van der Waals surface area contributed by atoms with Crippen LogP contribution < -0.4 is 5.32 Å². The Hall–Kier alpha value is -2.29. The number of pyridine rings is 1. The van der Waals surface area contributed by atoms with Crippen LogP contribution in [0.4, 0.5) is 10.2 Å². The van der Waals surface area contributed by atoms with Crippen LogP contribution in [-0.4, -0.2) is 63.2 Å². The Kier molecular flexibility index (Phi) is 5.54. The molecule has 30 heavy (non-hydrogen) atoms. The summed E-state index contributed by atoms with van der Waals surface area (Å²) in [7, 11) is 0. The Morgan fingerprint density at radius 1 is 1.27 bits per heavy atom. The molecule has 5 rings (SSSR count). The maximum atomic E-state index is 14.5. The van der Waals surface area contributed by atoms with Crippen molar-refractivity contribution in [1.82, 2.24) is 24.8 Å². The van der Waals surface area contributed by atoms with Gasteiger partial charge in [-0.15, -0.1) is 0 Å². The third-order valence-corrected chi connectivity index (χ3v) is 6.02. The van der Waals surface area contributed by atoms with Crippen molar-refractivity contribution in [3.8, 4) is 11.4 Å². The van der Waals surface area contributed by atoms with Crippen molar-refractivity contribution in [3.63, 3.8) is 0 Å². The standard InChI is InChI=1S/C21H24ClFN6O/c22-13-7-16-17(9-25-19(16)24-8-13)20-26-10-18(23)21(28-20)27-14-3-1-5-29(11-14)12-15-4-2-6-30-15/h7-10,14-15H,1-6,11-12H2,(H,24,25)(H,26,27,28)/t14-,15-/m0/s1. The minimum absolute atomic E-state index is 0.136. The third kappa shape index (κ3) is 4.12. The van der Waals surface area contributed by atoms with E-state index in [9.17, 15) is 4.39 Å². The van der Waals surface area contributed by atoms with Gasteiger partial charge in [-0.05, 0) is 38.3 Å². The van der Waals surface area contributed by atoms with E-state index in [-0.39, 0.29) is 11.9 Å². The summed E-state index contributed by atoms with van der Waals surface area (Å²) in [6, 6.07) is 1.94. The van der Waals surface area contributed by atoms with Crippen molar-refractivity contribution in [1.29, 1.82) is 0 Å². The van der Waals surface area contributed by atoms with Gasteiger partial charge < -0.3 is 15.0 Å². The highest BCUT2D eigenvalue weighted by molar-refractivity contribution is 6.31. The predicted octanol–water partition coefficient (Wildman–Crippen LogP) is 3.87. The van der Waals surface area contributed by atoms with E-state index in [0.717, 1.165) is 62.9 Å². The van der Waals surface area contributed by atoms with Crippen molar-refractivity contribution >= 4 is 28.5 Å². The van der Waals surface area contributed by atoms with Crippen molar-refractivity contribution in [2.75, 3.05) is 31.6 Å². The topological polar surface area (TPSA) is 79.0 Å². The number of nitrogens with one attached hydrogen (secondary N) is 2. The van der Waals surface area contributed by atoms with Gasteiger partial charge in [0.2, 0.25) is 0 Å². The summed E-state index contributed by atoms with van der Waals surface area (Å²) in [4.78, 5) is 18.4. The van der Waals surface area contributed by atoms with Crippen LogP contribution in [0.5, 0.6) is 0 Å². The lowest BCUT2D eigenvalue weighted by molar-refractivity contribution is 0.0648. The third-order valence-electron chi connectivity index (χ3n) is 5.81. The highest BCUT2D eigenvalue weighted by atomic mass is 35.5. The summed E-state index contributed by atoms with van der Waals surface area (Å²) >= 11 is 6.09. The molecule has 3 aromatic rings. The lowest BCUT2D eigenvalue weighted by atomic mass is 10.0. The molecule has 5 heterocycles. The number of H-pyrrole nitrogens is 1. The molecule has 9 heteroatoms. The molecule has 0 bridgehead atoms. The summed E-state index contributed by atoms with van der Waals surface area (Å²) in [6.07, 6.45) is 9.21. The molecule has 158 valence electrons. The summed E-state index contributed by atoms with van der Waals surface area (Å²) in [6.45, 7) is 3.71. The highest BCUT2D eigenvalue weighted by Gasteiger charge is 2.25. The fraction of sp³-hybridized carbons (Fsp3) is 0.476. The van der Waals surface area contributed by atoms with Gasteiger partial charge in [0.15, 0.2) is 17.5 Å². The normalized spacial score (nSPS) is 22.6. The molecule has 3 aromatic heterocycles. The van der Waals surface area contributed by atoms with Crippen molar-refractivity contribution in [2.45, 2.75) is 37.8 Å². The Bertz CT molecular complexity index is 1040. The van der Waals surface area contributed by atoms with Crippen LogP contribution in [0.25, 0.3) is 22.4 Å². The van der Waals surface area contributed by atoms with Crippen molar-refractivity contribution < 1.29 is 9.13 Å². The molecule has 2 aliphatic rings. The molecule has 2 atom stereocenters. The van der Waals surface area contributed by atoms with Crippen LogP contribution in [0.1, 0.15) is 25.7 Å². The average molecular weight is 431 g/mol. The molecule has 2 aliphatic heterocycles. The van der Waals surface area contributed by atoms with Gasteiger partial charge in [0, 0.05) is 49.1 Å². The van der Waals surface area contributed by atoms with Crippen LogP contribution in [-0.2, 0) is 4.74 Å². The van der Waals surface area contributed by atoms with E-state index >= 15 is 0 Å². The van der Waals surface area contributed by atoms with E-state index in [1.807, 2.05) is 0 Å². The Labute approximate surface area is 179 Å². The smallest absolute Gasteiger partial charge is 0.183 e. The second kappa shape index (κ2) is 8.45. The molecule has 0 unspecified atom stereocenters. The second-order valence-corrected chi connectivity index (χ2v) is 8.46. The zero-order valence-corrected chi connectivity index (χ0v) is 17.3. The maximum absolute atomic E-state index is 14.5. The first-order chi connectivity index (χ1) is 14.7. The largest absolute Gasteiger partial charge is 0.377 e. The molecule has 0 aromatic carbocycles. The molecule has 2 fully saturated rings. The fourth-order valence-electron chi connectivity index (χ4n) is 4.37. The first-order valence-corrected chi connectivity index (χ1v) is 10.8. The van der Waals surface area contributed by atoms with Crippen LogP contribution in [0.15, 0.2) is 24.7 Å². The van der Waals surface area contributed by atoms with Gasteiger partial charge in [0.1, 0.15) is 5.65 Å². The van der Waals surface area contributed by atoms with E-state index in [1.165, 1.54) is 6.20 Å². The summed E-state index contributed by atoms with van der Waals surface area (Å²) in [5.41, 5.74) is 1.43. The molecule has 0 aliphatic carbocycles. The molecule has 2 saturated heterocycles. The van der Waals surface area contributed by atoms with E-state index in [1.54, 1.807) is 18.5 Å². The van der Waals surface area contributed by atoms with Gasteiger partial charge in [0.05, 0.1) is 17.3 Å². The predicted molar refractivity (Wildman–Crippen MR) is 114 cm³/mol. The van der Waals surface area contributed by atoms with Gasteiger partial charge in [-0.3, -0.25) is 4.90 Å². The zero-order chi connectivity index (χ0) is 20.5. The first-order valence-electron chi connectivity index (χ1n) is 10.4. The molecular weight excluding hydrogens is 407 g/mol. The number of anilines is 1. The van der Waals surface area contributed by atoms with Gasteiger partial charge in [-0.1, -0.05) is 11.6 Å². The lowest BCUT2D eigenvalue weighted by Gasteiger charge is -2.34.